The van der Waals surface area contributed by atoms with E-state index in [0.29, 0.717) is 56.4 Å². The maximum atomic E-state index is 12.3. The third-order valence-corrected chi connectivity index (χ3v) is 5.32. The van der Waals surface area contributed by atoms with Gasteiger partial charge in [0.2, 0.25) is 0 Å². The highest BCUT2D eigenvalue weighted by Gasteiger charge is 2.23. The van der Waals surface area contributed by atoms with Crippen molar-refractivity contribution >= 4 is 34.5 Å². The molecule has 2 heterocycles. The first-order valence-electron chi connectivity index (χ1n) is 9.27. The lowest BCUT2D eigenvalue weighted by atomic mass is 10.1. The Morgan fingerprint density at radius 1 is 1.14 bits per heavy atom. The van der Waals surface area contributed by atoms with Crippen molar-refractivity contribution < 1.29 is 19.2 Å². The quantitative estimate of drug-likeness (QED) is 0.385. The summed E-state index contributed by atoms with van der Waals surface area (Å²) in [6.07, 6.45) is 0.552. The standard InChI is InChI=1S/C19H22N4O5S/c24-18(20-6-2-7-21-19(25)17-3-1-12-29-17)14-4-5-15(16(13-14)23(26)27)22-8-10-28-11-9-22/h1,3-5,12-13H,2,6-11H2,(H,20,24)(H,21,25). The van der Waals surface area contributed by atoms with Gasteiger partial charge in [-0.15, -0.1) is 11.3 Å². The van der Waals surface area contributed by atoms with Crippen molar-refractivity contribution in [2.75, 3.05) is 44.3 Å². The Morgan fingerprint density at radius 2 is 1.86 bits per heavy atom. The normalized spacial score (nSPS) is 13.7. The van der Waals surface area contributed by atoms with Crippen LogP contribution in [0.15, 0.2) is 35.7 Å². The number of nitro groups is 1. The fraction of sp³-hybridized carbons (Fsp3) is 0.368. The van der Waals surface area contributed by atoms with Crippen LogP contribution in [0.2, 0.25) is 0 Å². The van der Waals surface area contributed by atoms with Crippen molar-refractivity contribution in [3.05, 3.63) is 56.3 Å². The minimum Gasteiger partial charge on any atom is -0.378 e. The van der Waals surface area contributed by atoms with Gasteiger partial charge in [0.05, 0.1) is 23.0 Å². The number of anilines is 1. The number of amides is 2. The van der Waals surface area contributed by atoms with Gasteiger partial charge in [0.15, 0.2) is 0 Å². The van der Waals surface area contributed by atoms with E-state index >= 15 is 0 Å². The first-order chi connectivity index (χ1) is 14.1. The van der Waals surface area contributed by atoms with Crippen molar-refractivity contribution in [3.63, 3.8) is 0 Å². The van der Waals surface area contributed by atoms with E-state index in [2.05, 4.69) is 10.6 Å². The van der Waals surface area contributed by atoms with E-state index < -0.39 is 4.92 Å². The summed E-state index contributed by atoms with van der Waals surface area (Å²) >= 11 is 1.36. The second-order valence-electron chi connectivity index (χ2n) is 6.40. The third kappa shape index (κ3) is 5.52. The fourth-order valence-electron chi connectivity index (χ4n) is 2.97. The van der Waals surface area contributed by atoms with E-state index in [1.807, 2.05) is 16.3 Å². The van der Waals surface area contributed by atoms with Crippen molar-refractivity contribution in [1.29, 1.82) is 0 Å². The highest BCUT2D eigenvalue weighted by Crippen LogP contribution is 2.29. The molecule has 0 radical (unpaired) electrons. The minimum absolute atomic E-state index is 0.0947. The Bertz CT molecular complexity index is 865. The second-order valence-corrected chi connectivity index (χ2v) is 7.35. The number of carbonyl (C=O) groups is 2. The molecule has 3 rings (SSSR count). The summed E-state index contributed by atoms with van der Waals surface area (Å²) in [5.41, 5.74) is 0.630. The lowest BCUT2D eigenvalue weighted by molar-refractivity contribution is -0.384. The topological polar surface area (TPSA) is 114 Å². The molecule has 2 aromatic rings. The minimum atomic E-state index is -0.471. The van der Waals surface area contributed by atoms with Crippen molar-refractivity contribution in [2.24, 2.45) is 0 Å². The van der Waals surface area contributed by atoms with Gasteiger partial charge in [-0.2, -0.15) is 0 Å². The molecule has 1 aromatic heterocycles. The first kappa shape index (κ1) is 20.7. The zero-order valence-electron chi connectivity index (χ0n) is 15.8. The van der Waals surface area contributed by atoms with Crippen LogP contribution < -0.4 is 15.5 Å². The summed E-state index contributed by atoms with van der Waals surface area (Å²) in [6.45, 7) is 2.95. The monoisotopic (exact) mass is 418 g/mol. The number of nitrogens with zero attached hydrogens (tertiary/aromatic N) is 2. The average Bonchev–Trinajstić information content (AvgIpc) is 3.28. The zero-order chi connectivity index (χ0) is 20.6. The number of rotatable bonds is 8. The summed E-state index contributed by atoms with van der Waals surface area (Å²) in [5.74, 6) is -0.521. The highest BCUT2D eigenvalue weighted by atomic mass is 32.1. The summed E-state index contributed by atoms with van der Waals surface area (Å²) in [7, 11) is 0. The van der Waals surface area contributed by atoms with Crippen LogP contribution in [-0.2, 0) is 4.74 Å². The molecule has 1 aromatic carbocycles. The maximum Gasteiger partial charge on any atom is 0.293 e. The van der Waals surface area contributed by atoms with Crippen LogP contribution in [0.5, 0.6) is 0 Å². The van der Waals surface area contributed by atoms with E-state index in [4.69, 9.17) is 4.74 Å². The number of hydrogen-bond acceptors (Lipinski definition) is 7. The molecular weight excluding hydrogens is 396 g/mol. The number of hydrogen-bond donors (Lipinski definition) is 2. The van der Waals surface area contributed by atoms with Crippen molar-refractivity contribution in [1.82, 2.24) is 10.6 Å². The Labute approximate surface area is 171 Å². The molecule has 10 heteroatoms. The first-order valence-corrected chi connectivity index (χ1v) is 10.2. The Hall–Kier alpha value is -2.98. The number of thiophene rings is 1. The van der Waals surface area contributed by atoms with Gasteiger partial charge in [-0.1, -0.05) is 6.07 Å². The van der Waals surface area contributed by atoms with E-state index in [-0.39, 0.29) is 23.1 Å². The van der Waals surface area contributed by atoms with Crippen LogP contribution in [0.4, 0.5) is 11.4 Å². The summed E-state index contributed by atoms with van der Waals surface area (Å²) in [6, 6.07) is 8.06. The summed E-state index contributed by atoms with van der Waals surface area (Å²) in [5, 5.41) is 18.8. The van der Waals surface area contributed by atoms with E-state index in [1.165, 1.54) is 17.4 Å². The van der Waals surface area contributed by atoms with Gasteiger partial charge in [-0.05, 0) is 30.0 Å². The van der Waals surface area contributed by atoms with Crippen LogP contribution in [0.3, 0.4) is 0 Å². The van der Waals surface area contributed by atoms with Gasteiger partial charge in [-0.25, -0.2) is 0 Å². The zero-order valence-corrected chi connectivity index (χ0v) is 16.6. The molecule has 1 saturated heterocycles. The molecule has 0 unspecified atom stereocenters. The predicted octanol–water partition coefficient (Wildman–Crippen LogP) is 2.04. The SMILES string of the molecule is O=C(NCCCNC(=O)c1cccs1)c1ccc(N2CCOCC2)c([N+](=O)[O-])c1. The largest absolute Gasteiger partial charge is 0.378 e. The number of benzene rings is 1. The molecule has 154 valence electrons. The summed E-state index contributed by atoms with van der Waals surface area (Å²) < 4.78 is 5.28. The van der Waals surface area contributed by atoms with E-state index in [1.54, 1.807) is 18.2 Å². The van der Waals surface area contributed by atoms with Gasteiger partial charge in [0.25, 0.3) is 17.5 Å². The molecule has 0 bridgehead atoms. The van der Waals surface area contributed by atoms with Crippen molar-refractivity contribution in [3.8, 4) is 0 Å². The van der Waals surface area contributed by atoms with Crippen LogP contribution in [0.1, 0.15) is 26.5 Å². The fourth-order valence-corrected chi connectivity index (χ4v) is 3.61. The Morgan fingerprint density at radius 3 is 2.52 bits per heavy atom. The van der Waals surface area contributed by atoms with Crippen LogP contribution in [0.25, 0.3) is 0 Å². The predicted molar refractivity (Wildman–Crippen MR) is 110 cm³/mol. The second kappa shape index (κ2) is 9.99. The number of morpholine rings is 1. The van der Waals surface area contributed by atoms with E-state index in [0.717, 1.165) is 0 Å². The number of ether oxygens (including phenoxy) is 1. The molecule has 9 nitrogen and oxygen atoms in total. The number of nitro benzene ring substituents is 1. The molecule has 29 heavy (non-hydrogen) atoms. The van der Waals surface area contributed by atoms with Gasteiger partial charge < -0.3 is 20.3 Å². The van der Waals surface area contributed by atoms with Gasteiger partial charge in [0.1, 0.15) is 5.69 Å². The number of nitrogens with one attached hydrogen (secondary N) is 2. The maximum absolute atomic E-state index is 12.3. The lowest BCUT2D eigenvalue weighted by Gasteiger charge is -2.28. The molecule has 2 N–H and O–H groups in total. The van der Waals surface area contributed by atoms with Crippen LogP contribution >= 0.6 is 11.3 Å². The molecule has 2 amide bonds. The molecule has 0 saturated carbocycles. The Balaban J connectivity index is 1.51. The Kier molecular flexibility index (Phi) is 7.14. The molecule has 1 aliphatic rings. The molecular formula is C19H22N4O5S. The van der Waals surface area contributed by atoms with Gasteiger partial charge in [-0.3, -0.25) is 19.7 Å². The van der Waals surface area contributed by atoms with Crippen molar-refractivity contribution in [2.45, 2.75) is 6.42 Å². The number of carbonyl (C=O) groups excluding carboxylic acids is 2. The molecule has 0 spiro atoms. The van der Waals surface area contributed by atoms with Gasteiger partial charge >= 0.3 is 0 Å². The van der Waals surface area contributed by atoms with Crippen LogP contribution in [-0.4, -0.2) is 56.1 Å². The van der Waals surface area contributed by atoms with Gasteiger partial charge in [0, 0.05) is 37.8 Å². The smallest absolute Gasteiger partial charge is 0.293 e. The molecule has 0 atom stereocenters. The van der Waals surface area contributed by atoms with E-state index in [9.17, 15) is 19.7 Å². The lowest BCUT2D eigenvalue weighted by Crippen LogP contribution is -2.36. The average molecular weight is 418 g/mol. The van der Waals surface area contributed by atoms with Crippen LogP contribution in [0, 0.1) is 10.1 Å². The summed E-state index contributed by atoms with van der Waals surface area (Å²) in [4.78, 5) is 37.7. The highest BCUT2D eigenvalue weighted by molar-refractivity contribution is 7.12. The molecule has 0 aliphatic carbocycles. The molecule has 1 aliphatic heterocycles. The third-order valence-electron chi connectivity index (χ3n) is 4.46. The molecule has 1 fully saturated rings.